The van der Waals surface area contributed by atoms with Crippen LogP contribution < -0.4 is 0 Å². The summed E-state index contributed by atoms with van der Waals surface area (Å²) < 4.78 is 1.81. The molecule has 4 heterocycles. The summed E-state index contributed by atoms with van der Waals surface area (Å²) in [5.74, 6) is 0. The number of fused-ring (bicyclic) bond motifs is 2. The average molecular weight is 235 g/mol. The van der Waals surface area contributed by atoms with Crippen LogP contribution in [0, 0.1) is 0 Å². The maximum atomic E-state index is 4.38. The summed E-state index contributed by atoms with van der Waals surface area (Å²) in [6, 6.07) is 7.89. The number of nitrogens with one attached hydrogen (secondary N) is 1. The summed E-state index contributed by atoms with van der Waals surface area (Å²) in [4.78, 5) is 11.8. The Balaban J connectivity index is 2.00. The van der Waals surface area contributed by atoms with Crippen LogP contribution in [0.4, 0.5) is 0 Å². The van der Waals surface area contributed by atoms with E-state index in [1.807, 2.05) is 41.3 Å². The topological polar surface area (TPSA) is 58.9 Å². The first-order valence-corrected chi connectivity index (χ1v) is 5.64. The molecule has 0 aliphatic carbocycles. The van der Waals surface area contributed by atoms with Crippen LogP contribution in [-0.2, 0) is 0 Å². The Kier molecular flexibility index (Phi) is 1.77. The molecule has 0 bridgehead atoms. The quantitative estimate of drug-likeness (QED) is 0.550. The van der Waals surface area contributed by atoms with E-state index in [9.17, 15) is 0 Å². The minimum absolute atomic E-state index is 0.835. The van der Waals surface area contributed by atoms with Crippen molar-refractivity contribution in [3.8, 4) is 11.3 Å². The summed E-state index contributed by atoms with van der Waals surface area (Å²) in [7, 11) is 0. The number of aromatic amines is 1. The van der Waals surface area contributed by atoms with E-state index >= 15 is 0 Å². The van der Waals surface area contributed by atoms with Crippen LogP contribution in [-0.4, -0.2) is 24.6 Å². The number of aromatic nitrogens is 5. The van der Waals surface area contributed by atoms with Gasteiger partial charge in [-0.2, -0.15) is 5.10 Å². The van der Waals surface area contributed by atoms with E-state index in [4.69, 9.17) is 0 Å². The fourth-order valence-electron chi connectivity index (χ4n) is 2.11. The standard InChI is InChI=1S/C13H9N5/c1-2-12-15-8-11(18(12)17-4-1)10-6-9-3-5-14-13(9)16-7-10/h1-8H,(H,14,16). The average Bonchev–Trinajstić information content (AvgIpc) is 3.04. The van der Waals surface area contributed by atoms with Gasteiger partial charge in [-0.25, -0.2) is 14.5 Å². The molecule has 5 nitrogen and oxygen atoms in total. The predicted octanol–water partition coefficient (Wildman–Crippen LogP) is 2.27. The summed E-state index contributed by atoms with van der Waals surface area (Å²) in [6.45, 7) is 0. The molecule has 86 valence electrons. The van der Waals surface area contributed by atoms with Crippen LogP contribution in [0.25, 0.3) is 27.9 Å². The number of rotatable bonds is 1. The molecule has 0 unspecified atom stereocenters. The summed E-state index contributed by atoms with van der Waals surface area (Å²) >= 11 is 0. The van der Waals surface area contributed by atoms with Crippen LogP contribution in [0.2, 0.25) is 0 Å². The van der Waals surface area contributed by atoms with Crippen molar-refractivity contribution >= 4 is 16.7 Å². The maximum absolute atomic E-state index is 4.38. The van der Waals surface area contributed by atoms with Gasteiger partial charge >= 0.3 is 0 Å². The van der Waals surface area contributed by atoms with Crippen molar-refractivity contribution in [3.63, 3.8) is 0 Å². The van der Waals surface area contributed by atoms with Crippen LogP contribution in [0.3, 0.4) is 0 Å². The predicted molar refractivity (Wildman–Crippen MR) is 68.1 cm³/mol. The Hall–Kier alpha value is -2.69. The lowest BCUT2D eigenvalue weighted by Crippen LogP contribution is -1.92. The van der Waals surface area contributed by atoms with E-state index in [1.165, 1.54) is 0 Å². The van der Waals surface area contributed by atoms with E-state index < -0.39 is 0 Å². The van der Waals surface area contributed by atoms with Crippen molar-refractivity contribution in [2.24, 2.45) is 0 Å². The SMILES string of the molecule is c1cnn2c(-c3cnc4[nH]ccc4c3)cnc2c1. The molecule has 0 aliphatic rings. The van der Waals surface area contributed by atoms with Gasteiger partial charge in [0.25, 0.3) is 0 Å². The van der Waals surface area contributed by atoms with Crippen molar-refractivity contribution in [2.75, 3.05) is 0 Å². The molecule has 0 spiro atoms. The second-order valence-corrected chi connectivity index (χ2v) is 4.08. The minimum atomic E-state index is 0.835. The van der Waals surface area contributed by atoms with Gasteiger partial charge in [-0.1, -0.05) is 0 Å². The fourth-order valence-corrected chi connectivity index (χ4v) is 2.11. The highest BCUT2D eigenvalue weighted by Crippen LogP contribution is 2.22. The molecule has 0 aromatic carbocycles. The Morgan fingerprint density at radius 3 is 3.11 bits per heavy atom. The van der Waals surface area contributed by atoms with Gasteiger partial charge in [0.15, 0.2) is 5.65 Å². The van der Waals surface area contributed by atoms with E-state index in [1.54, 1.807) is 6.20 Å². The van der Waals surface area contributed by atoms with Crippen molar-refractivity contribution in [1.82, 2.24) is 24.6 Å². The Bertz CT molecular complexity index is 842. The third kappa shape index (κ3) is 1.24. The Labute approximate surface area is 102 Å². The molecule has 0 aliphatic heterocycles. The lowest BCUT2D eigenvalue weighted by molar-refractivity contribution is 0.942. The zero-order chi connectivity index (χ0) is 11.9. The first kappa shape index (κ1) is 9.35. The number of imidazole rings is 1. The molecule has 0 saturated heterocycles. The number of hydrogen-bond donors (Lipinski definition) is 1. The van der Waals surface area contributed by atoms with Crippen molar-refractivity contribution in [1.29, 1.82) is 0 Å². The number of hydrogen-bond acceptors (Lipinski definition) is 3. The molecule has 0 radical (unpaired) electrons. The van der Waals surface area contributed by atoms with Crippen LogP contribution in [0.1, 0.15) is 0 Å². The van der Waals surface area contributed by atoms with Gasteiger partial charge in [-0.3, -0.25) is 0 Å². The molecule has 0 amide bonds. The normalized spacial score (nSPS) is 11.3. The zero-order valence-corrected chi connectivity index (χ0v) is 9.41. The fraction of sp³-hybridized carbons (Fsp3) is 0. The zero-order valence-electron chi connectivity index (χ0n) is 9.41. The molecule has 1 N–H and O–H groups in total. The molecule has 4 aromatic rings. The molecule has 18 heavy (non-hydrogen) atoms. The van der Waals surface area contributed by atoms with Gasteiger partial charge in [0.05, 0.1) is 11.9 Å². The third-order valence-electron chi connectivity index (χ3n) is 2.97. The molecular weight excluding hydrogens is 226 g/mol. The van der Waals surface area contributed by atoms with Crippen LogP contribution >= 0.6 is 0 Å². The largest absolute Gasteiger partial charge is 0.346 e. The van der Waals surface area contributed by atoms with Crippen LogP contribution in [0.15, 0.2) is 49.1 Å². The van der Waals surface area contributed by atoms with Gasteiger partial charge in [0, 0.05) is 29.5 Å². The van der Waals surface area contributed by atoms with Crippen molar-refractivity contribution in [2.45, 2.75) is 0 Å². The number of pyridine rings is 1. The Morgan fingerprint density at radius 1 is 1.11 bits per heavy atom. The van der Waals surface area contributed by atoms with Gasteiger partial charge in [0.1, 0.15) is 5.65 Å². The van der Waals surface area contributed by atoms with Crippen molar-refractivity contribution in [3.05, 3.63) is 49.1 Å². The summed E-state index contributed by atoms with van der Waals surface area (Å²) in [5.41, 5.74) is 3.68. The van der Waals surface area contributed by atoms with Crippen LogP contribution in [0.5, 0.6) is 0 Å². The Morgan fingerprint density at radius 2 is 2.11 bits per heavy atom. The lowest BCUT2D eigenvalue weighted by atomic mass is 10.2. The van der Waals surface area contributed by atoms with Gasteiger partial charge in [0.2, 0.25) is 0 Å². The molecular formula is C13H9N5. The molecule has 4 rings (SSSR count). The lowest BCUT2D eigenvalue weighted by Gasteiger charge is -2.00. The van der Waals surface area contributed by atoms with E-state index in [0.717, 1.165) is 27.9 Å². The minimum Gasteiger partial charge on any atom is -0.346 e. The summed E-state index contributed by atoms with van der Waals surface area (Å²) in [6.07, 6.45) is 7.28. The summed E-state index contributed by atoms with van der Waals surface area (Å²) in [5, 5.41) is 5.39. The highest BCUT2D eigenvalue weighted by Gasteiger charge is 2.07. The van der Waals surface area contributed by atoms with Gasteiger partial charge < -0.3 is 4.98 Å². The van der Waals surface area contributed by atoms with E-state index in [2.05, 4.69) is 26.1 Å². The number of nitrogens with zero attached hydrogens (tertiary/aromatic N) is 4. The molecule has 4 aromatic heterocycles. The third-order valence-corrected chi connectivity index (χ3v) is 2.97. The van der Waals surface area contributed by atoms with E-state index in [0.29, 0.717) is 0 Å². The molecule has 0 fully saturated rings. The molecule has 0 saturated carbocycles. The van der Waals surface area contributed by atoms with Gasteiger partial charge in [-0.15, -0.1) is 0 Å². The highest BCUT2D eigenvalue weighted by atomic mass is 15.2. The number of H-pyrrole nitrogens is 1. The second kappa shape index (κ2) is 3.40. The first-order valence-electron chi connectivity index (χ1n) is 5.64. The second-order valence-electron chi connectivity index (χ2n) is 4.08. The van der Waals surface area contributed by atoms with Gasteiger partial charge in [-0.05, 0) is 24.3 Å². The molecule has 5 heteroatoms. The van der Waals surface area contributed by atoms with Crippen molar-refractivity contribution < 1.29 is 0 Å². The smallest absolute Gasteiger partial charge is 0.154 e. The molecule has 0 atom stereocenters. The monoisotopic (exact) mass is 235 g/mol. The maximum Gasteiger partial charge on any atom is 0.154 e. The van der Waals surface area contributed by atoms with E-state index in [-0.39, 0.29) is 0 Å². The first-order chi connectivity index (χ1) is 8.92. The highest BCUT2D eigenvalue weighted by molar-refractivity contribution is 5.80.